The highest BCUT2D eigenvalue weighted by atomic mass is 16.5. The number of carbonyl (C=O) groups excluding carboxylic acids is 2. The van der Waals surface area contributed by atoms with E-state index in [9.17, 15) is 19.5 Å². The van der Waals surface area contributed by atoms with Crippen LogP contribution in [0, 0.1) is 0 Å². The van der Waals surface area contributed by atoms with Crippen LogP contribution in [0.25, 0.3) is 0 Å². The lowest BCUT2D eigenvalue weighted by molar-refractivity contribution is -0.124. The number of carboxylic acid groups (broad SMARTS) is 1. The molecule has 2 aromatic rings. The number of nitrogens with one attached hydrogen (secondary N) is 2. The summed E-state index contributed by atoms with van der Waals surface area (Å²) in [5.74, 6) is -1.50. The first kappa shape index (κ1) is 19.6. The molecule has 0 spiro atoms. The molecule has 0 aliphatic carbocycles. The average Bonchev–Trinajstić information content (AvgIpc) is 3.22. The standard InChI is InChI=1S/C21H22N2O5/c24-19(12-15-6-1-2-8-17(15)21(26)27)22-13-14-5-3-7-16(11-14)23-20(25)18-9-4-10-28-18/h1-3,5-8,11,18H,4,9-10,12-13H2,(H,22,24)(H,23,25)(H,26,27). The van der Waals surface area contributed by atoms with Gasteiger partial charge in [-0.3, -0.25) is 9.59 Å². The Kier molecular flexibility index (Phi) is 6.39. The van der Waals surface area contributed by atoms with Crippen LogP contribution in [-0.2, 0) is 27.3 Å². The Balaban J connectivity index is 1.55. The molecule has 2 aromatic carbocycles. The summed E-state index contributed by atoms with van der Waals surface area (Å²) in [4.78, 5) is 35.6. The largest absolute Gasteiger partial charge is 0.478 e. The summed E-state index contributed by atoms with van der Waals surface area (Å²) >= 11 is 0. The molecule has 0 bridgehead atoms. The lowest BCUT2D eigenvalue weighted by atomic mass is 10.0. The second-order valence-electron chi connectivity index (χ2n) is 6.61. The Morgan fingerprint density at radius 1 is 1.11 bits per heavy atom. The number of carboxylic acids is 1. The van der Waals surface area contributed by atoms with Crippen molar-refractivity contribution in [3.8, 4) is 0 Å². The highest BCUT2D eigenvalue weighted by Gasteiger charge is 2.23. The number of rotatable bonds is 7. The van der Waals surface area contributed by atoms with Gasteiger partial charge in [-0.15, -0.1) is 0 Å². The molecule has 7 nitrogen and oxygen atoms in total. The summed E-state index contributed by atoms with van der Waals surface area (Å²) in [6.07, 6.45) is 1.18. The summed E-state index contributed by atoms with van der Waals surface area (Å²) < 4.78 is 5.37. The summed E-state index contributed by atoms with van der Waals surface area (Å²) in [6.45, 7) is 0.882. The summed E-state index contributed by atoms with van der Waals surface area (Å²) in [5.41, 5.74) is 2.05. The molecular weight excluding hydrogens is 360 g/mol. The van der Waals surface area contributed by atoms with E-state index in [1.807, 2.05) is 6.07 Å². The molecule has 1 saturated heterocycles. The van der Waals surface area contributed by atoms with Crippen LogP contribution in [-0.4, -0.2) is 35.6 Å². The molecule has 28 heavy (non-hydrogen) atoms. The van der Waals surface area contributed by atoms with Gasteiger partial charge in [0.1, 0.15) is 6.10 Å². The van der Waals surface area contributed by atoms with Crippen LogP contribution in [0.15, 0.2) is 48.5 Å². The number of aromatic carboxylic acids is 1. The number of carbonyl (C=O) groups is 3. The molecule has 1 atom stereocenters. The molecule has 2 amide bonds. The fraction of sp³-hybridized carbons (Fsp3) is 0.286. The SMILES string of the molecule is O=C(Cc1ccccc1C(=O)O)NCc1cccc(NC(=O)C2CCCO2)c1. The van der Waals surface area contributed by atoms with Gasteiger partial charge in [0.2, 0.25) is 5.91 Å². The van der Waals surface area contributed by atoms with Crippen molar-refractivity contribution in [3.05, 3.63) is 65.2 Å². The second kappa shape index (κ2) is 9.14. The van der Waals surface area contributed by atoms with Gasteiger partial charge in [-0.2, -0.15) is 0 Å². The van der Waals surface area contributed by atoms with Gasteiger partial charge in [0.15, 0.2) is 0 Å². The molecule has 146 valence electrons. The smallest absolute Gasteiger partial charge is 0.335 e. The predicted molar refractivity (Wildman–Crippen MR) is 103 cm³/mol. The van der Waals surface area contributed by atoms with E-state index in [-0.39, 0.29) is 30.3 Å². The molecule has 1 aliphatic heterocycles. The van der Waals surface area contributed by atoms with Crippen LogP contribution in [0.2, 0.25) is 0 Å². The van der Waals surface area contributed by atoms with E-state index < -0.39 is 12.1 Å². The van der Waals surface area contributed by atoms with Crippen LogP contribution in [0.5, 0.6) is 0 Å². The van der Waals surface area contributed by atoms with Crippen LogP contribution < -0.4 is 10.6 Å². The maximum absolute atomic E-state index is 12.2. The van der Waals surface area contributed by atoms with E-state index in [2.05, 4.69) is 10.6 Å². The minimum Gasteiger partial charge on any atom is -0.478 e. The third-order valence-corrected chi connectivity index (χ3v) is 4.51. The van der Waals surface area contributed by atoms with Gasteiger partial charge in [-0.05, 0) is 42.2 Å². The Bertz CT molecular complexity index is 875. The Hall–Kier alpha value is -3.19. The molecule has 1 heterocycles. The van der Waals surface area contributed by atoms with E-state index >= 15 is 0 Å². The molecule has 1 fully saturated rings. The van der Waals surface area contributed by atoms with E-state index in [0.29, 0.717) is 17.9 Å². The Labute approximate surface area is 162 Å². The zero-order valence-corrected chi connectivity index (χ0v) is 15.3. The third-order valence-electron chi connectivity index (χ3n) is 4.51. The fourth-order valence-electron chi connectivity index (χ4n) is 3.09. The molecule has 7 heteroatoms. The van der Waals surface area contributed by atoms with Crippen molar-refractivity contribution >= 4 is 23.5 Å². The third kappa shape index (κ3) is 5.17. The quantitative estimate of drug-likeness (QED) is 0.682. The van der Waals surface area contributed by atoms with Crippen molar-refractivity contribution in [2.45, 2.75) is 31.9 Å². The highest BCUT2D eigenvalue weighted by molar-refractivity contribution is 5.94. The monoisotopic (exact) mass is 382 g/mol. The number of amides is 2. The van der Waals surface area contributed by atoms with Crippen molar-refractivity contribution in [2.24, 2.45) is 0 Å². The van der Waals surface area contributed by atoms with Gasteiger partial charge in [0, 0.05) is 18.8 Å². The number of benzene rings is 2. The van der Waals surface area contributed by atoms with Crippen molar-refractivity contribution in [1.82, 2.24) is 5.32 Å². The van der Waals surface area contributed by atoms with Crippen molar-refractivity contribution in [2.75, 3.05) is 11.9 Å². The Morgan fingerprint density at radius 2 is 1.93 bits per heavy atom. The van der Waals surface area contributed by atoms with Crippen LogP contribution in [0.1, 0.15) is 34.3 Å². The molecule has 0 saturated carbocycles. The maximum atomic E-state index is 12.2. The van der Waals surface area contributed by atoms with Crippen molar-refractivity contribution in [3.63, 3.8) is 0 Å². The minimum absolute atomic E-state index is 0.0160. The van der Waals surface area contributed by atoms with Crippen LogP contribution in [0.4, 0.5) is 5.69 Å². The summed E-state index contributed by atoms with van der Waals surface area (Å²) in [7, 11) is 0. The van der Waals surface area contributed by atoms with Gasteiger partial charge in [-0.1, -0.05) is 30.3 Å². The molecule has 3 N–H and O–H groups in total. The van der Waals surface area contributed by atoms with Gasteiger partial charge in [-0.25, -0.2) is 4.79 Å². The highest BCUT2D eigenvalue weighted by Crippen LogP contribution is 2.16. The number of anilines is 1. The van der Waals surface area contributed by atoms with E-state index in [0.717, 1.165) is 18.4 Å². The second-order valence-corrected chi connectivity index (χ2v) is 6.61. The lowest BCUT2D eigenvalue weighted by Crippen LogP contribution is -2.27. The lowest BCUT2D eigenvalue weighted by Gasteiger charge is -2.12. The first-order valence-corrected chi connectivity index (χ1v) is 9.12. The molecule has 0 aromatic heterocycles. The van der Waals surface area contributed by atoms with Gasteiger partial charge in [0.05, 0.1) is 12.0 Å². The zero-order valence-electron chi connectivity index (χ0n) is 15.3. The summed E-state index contributed by atoms with van der Waals surface area (Å²) in [6, 6.07) is 13.6. The summed E-state index contributed by atoms with van der Waals surface area (Å²) in [5, 5.41) is 14.8. The zero-order chi connectivity index (χ0) is 19.9. The topological polar surface area (TPSA) is 105 Å². The minimum atomic E-state index is -1.06. The van der Waals surface area contributed by atoms with E-state index in [1.165, 1.54) is 6.07 Å². The Morgan fingerprint density at radius 3 is 2.68 bits per heavy atom. The van der Waals surface area contributed by atoms with E-state index in [4.69, 9.17) is 4.74 Å². The molecule has 1 unspecified atom stereocenters. The predicted octanol–water partition coefficient (Wildman–Crippen LogP) is 2.36. The van der Waals surface area contributed by atoms with Crippen LogP contribution >= 0.6 is 0 Å². The number of ether oxygens (including phenoxy) is 1. The van der Waals surface area contributed by atoms with Gasteiger partial charge < -0.3 is 20.5 Å². The van der Waals surface area contributed by atoms with Gasteiger partial charge >= 0.3 is 5.97 Å². The fourth-order valence-corrected chi connectivity index (χ4v) is 3.09. The molecule has 1 aliphatic rings. The van der Waals surface area contributed by atoms with Crippen molar-refractivity contribution < 1.29 is 24.2 Å². The first-order valence-electron chi connectivity index (χ1n) is 9.12. The molecule has 0 radical (unpaired) electrons. The van der Waals surface area contributed by atoms with Crippen LogP contribution in [0.3, 0.4) is 0 Å². The van der Waals surface area contributed by atoms with E-state index in [1.54, 1.807) is 36.4 Å². The normalized spacial score (nSPS) is 15.8. The first-order chi connectivity index (χ1) is 13.5. The van der Waals surface area contributed by atoms with Gasteiger partial charge in [0.25, 0.3) is 5.91 Å². The number of hydrogen-bond acceptors (Lipinski definition) is 4. The number of hydrogen-bond donors (Lipinski definition) is 3. The maximum Gasteiger partial charge on any atom is 0.335 e. The van der Waals surface area contributed by atoms with Crippen molar-refractivity contribution in [1.29, 1.82) is 0 Å². The molecule has 3 rings (SSSR count). The molecular formula is C21H22N2O5. The average molecular weight is 382 g/mol.